The van der Waals surface area contributed by atoms with E-state index in [0.29, 0.717) is 17.9 Å². The molecule has 1 aromatic carbocycles. The zero-order valence-corrected chi connectivity index (χ0v) is 11.0. The third kappa shape index (κ3) is 4.25. The monoisotopic (exact) mass is 270 g/mol. The molecular formula is C13H19FN2O3. The number of aliphatic hydroxyl groups excluding tert-OH is 1. The van der Waals surface area contributed by atoms with Crippen LogP contribution in [0.15, 0.2) is 18.2 Å². The van der Waals surface area contributed by atoms with Crippen molar-refractivity contribution in [2.75, 3.05) is 0 Å². The first-order valence-corrected chi connectivity index (χ1v) is 6.20. The quantitative estimate of drug-likeness (QED) is 0.614. The summed E-state index contributed by atoms with van der Waals surface area (Å²) in [5.74, 6) is -0.470. The van der Waals surface area contributed by atoms with Gasteiger partial charge in [0.25, 0.3) is 0 Å². The molecule has 1 aromatic rings. The number of nitro groups is 1. The number of benzene rings is 1. The van der Waals surface area contributed by atoms with Gasteiger partial charge in [-0.3, -0.25) is 10.1 Å². The van der Waals surface area contributed by atoms with Gasteiger partial charge < -0.3 is 10.8 Å². The lowest BCUT2D eigenvalue weighted by Crippen LogP contribution is -2.26. The fraction of sp³-hybridized carbons (Fsp3) is 0.538. The average Bonchev–Trinajstić information content (AvgIpc) is 2.35. The van der Waals surface area contributed by atoms with Crippen LogP contribution >= 0.6 is 0 Å². The molecule has 19 heavy (non-hydrogen) atoms. The lowest BCUT2D eigenvalue weighted by Gasteiger charge is -2.20. The van der Waals surface area contributed by atoms with E-state index in [0.717, 1.165) is 18.6 Å². The van der Waals surface area contributed by atoms with Gasteiger partial charge in [-0.25, -0.2) is 0 Å². The molecule has 5 nitrogen and oxygen atoms in total. The van der Waals surface area contributed by atoms with Crippen LogP contribution in [0.3, 0.4) is 0 Å². The first-order valence-electron chi connectivity index (χ1n) is 6.20. The van der Waals surface area contributed by atoms with Gasteiger partial charge in [0.1, 0.15) is 0 Å². The Kier molecular flexibility index (Phi) is 5.38. The molecule has 3 N–H and O–H groups in total. The van der Waals surface area contributed by atoms with Crippen LogP contribution in [0, 0.1) is 21.8 Å². The van der Waals surface area contributed by atoms with E-state index in [1.165, 1.54) is 6.07 Å². The summed E-state index contributed by atoms with van der Waals surface area (Å²) in [6.07, 6.45) is 0.509. The summed E-state index contributed by atoms with van der Waals surface area (Å²) in [5.41, 5.74) is 5.59. The summed E-state index contributed by atoms with van der Waals surface area (Å²) in [5, 5.41) is 20.6. The first kappa shape index (κ1) is 15.5. The van der Waals surface area contributed by atoms with Crippen molar-refractivity contribution >= 4 is 5.69 Å². The minimum absolute atomic E-state index is 0.365. The SMILES string of the molecule is CC(C)CC[C@@H](O)[C@@H](N)c1ccc(F)c([N+](=O)[O-])c1. The number of hydrogen-bond acceptors (Lipinski definition) is 4. The van der Waals surface area contributed by atoms with Crippen LogP contribution in [-0.2, 0) is 0 Å². The second-order valence-corrected chi connectivity index (χ2v) is 5.03. The van der Waals surface area contributed by atoms with Gasteiger partial charge in [-0.15, -0.1) is 0 Å². The minimum Gasteiger partial charge on any atom is -0.391 e. The van der Waals surface area contributed by atoms with Crippen LogP contribution < -0.4 is 5.73 Å². The molecule has 0 aromatic heterocycles. The highest BCUT2D eigenvalue weighted by Gasteiger charge is 2.21. The molecule has 6 heteroatoms. The van der Waals surface area contributed by atoms with Gasteiger partial charge in [-0.1, -0.05) is 19.9 Å². The number of nitro benzene ring substituents is 1. The average molecular weight is 270 g/mol. The molecule has 0 saturated heterocycles. The second-order valence-electron chi connectivity index (χ2n) is 5.03. The lowest BCUT2D eigenvalue weighted by molar-refractivity contribution is -0.387. The summed E-state index contributed by atoms with van der Waals surface area (Å²) in [4.78, 5) is 9.84. The Balaban J connectivity index is 2.84. The van der Waals surface area contributed by atoms with E-state index in [-0.39, 0.29) is 0 Å². The molecule has 0 aliphatic heterocycles. The summed E-state index contributed by atoms with van der Waals surface area (Å²) in [7, 11) is 0. The largest absolute Gasteiger partial charge is 0.391 e. The standard InChI is InChI=1S/C13H19FN2O3/c1-8(2)3-6-12(17)13(15)9-4-5-10(14)11(7-9)16(18)19/h4-5,7-8,12-13,17H,3,6,15H2,1-2H3/t12-,13+/m1/s1. The third-order valence-corrected chi connectivity index (χ3v) is 3.01. The number of halogens is 1. The Morgan fingerprint density at radius 2 is 2.05 bits per heavy atom. The second kappa shape index (κ2) is 6.58. The fourth-order valence-corrected chi connectivity index (χ4v) is 1.78. The van der Waals surface area contributed by atoms with Crippen molar-refractivity contribution in [1.82, 2.24) is 0 Å². The Bertz CT molecular complexity index is 452. The molecule has 0 amide bonds. The van der Waals surface area contributed by atoms with Crippen LogP contribution in [0.1, 0.15) is 38.3 Å². The molecule has 0 spiro atoms. The number of aliphatic hydroxyl groups is 1. The van der Waals surface area contributed by atoms with Crippen LogP contribution in [0.25, 0.3) is 0 Å². The number of hydrogen-bond donors (Lipinski definition) is 2. The normalized spacial score (nSPS) is 14.4. The van der Waals surface area contributed by atoms with Crippen molar-refractivity contribution < 1.29 is 14.4 Å². The van der Waals surface area contributed by atoms with E-state index in [1.54, 1.807) is 0 Å². The molecule has 0 heterocycles. The molecule has 0 unspecified atom stereocenters. The predicted octanol–water partition coefficient (Wildman–Crippen LogP) is 2.53. The molecule has 1 rings (SSSR count). The van der Waals surface area contributed by atoms with Crippen molar-refractivity contribution in [2.24, 2.45) is 11.7 Å². The molecule has 0 aliphatic rings. The number of nitrogens with two attached hydrogens (primary N) is 1. The van der Waals surface area contributed by atoms with E-state index in [9.17, 15) is 19.6 Å². The maximum Gasteiger partial charge on any atom is 0.305 e. The van der Waals surface area contributed by atoms with Crippen LogP contribution in [0.2, 0.25) is 0 Å². The van der Waals surface area contributed by atoms with Crippen LogP contribution in [-0.4, -0.2) is 16.1 Å². The summed E-state index contributed by atoms with van der Waals surface area (Å²) >= 11 is 0. The zero-order chi connectivity index (χ0) is 14.6. The highest BCUT2D eigenvalue weighted by molar-refractivity contribution is 5.37. The van der Waals surface area contributed by atoms with Gasteiger partial charge in [0, 0.05) is 6.07 Å². The lowest BCUT2D eigenvalue weighted by atomic mass is 9.96. The first-order chi connectivity index (χ1) is 8.82. The molecule has 0 saturated carbocycles. The molecular weight excluding hydrogens is 251 g/mol. The highest BCUT2D eigenvalue weighted by atomic mass is 19.1. The van der Waals surface area contributed by atoms with Crippen LogP contribution in [0.4, 0.5) is 10.1 Å². The van der Waals surface area contributed by atoms with Crippen molar-refractivity contribution in [3.63, 3.8) is 0 Å². The number of rotatable bonds is 6. The molecule has 106 valence electrons. The van der Waals surface area contributed by atoms with Gasteiger partial charge in [-0.2, -0.15) is 4.39 Å². The summed E-state index contributed by atoms with van der Waals surface area (Å²) in [6, 6.07) is 2.70. The molecule has 0 bridgehead atoms. The molecule has 0 aliphatic carbocycles. The Labute approximate surface area is 111 Å². The summed E-state index contributed by atoms with van der Waals surface area (Å²) < 4.78 is 13.2. The number of nitrogens with zero attached hydrogens (tertiary/aromatic N) is 1. The van der Waals surface area contributed by atoms with E-state index < -0.39 is 28.6 Å². The highest BCUT2D eigenvalue weighted by Crippen LogP contribution is 2.25. The summed E-state index contributed by atoms with van der Waals surface area (Å²) in [6.45, 7) is 4.06. The zero-order valence-electron chi connectivity index (χ0n) is 11.0. The Morgan fingerprint density at radius 3 is 2.58 bits per heavy atom. The topological polar surface area (TPSA) is 89.4 Å². The maximum absolute atomic E-state index is 13.2. The fourth-order valence-electron chi connectivity index (χ4n) is 1.78. The van der Waals surface area contributed by atoms with Gasteiger partial charge in [0.2, 0.25) is 5.82 Å². The van der Waals surface area contributed by atoms with E-state index in [4.69, 9.17) is 5.73 Å². The van der Waals surface area contributed by atoms with Gasteiger partial charge in [-0.05, 0) is 30.4 Å². The molecule has 0 radical (unpaired) electrons. The van der Waals surface area contributed by atoms with Crippen molar-refractivity contribution in [3.8, 4) is 0 Å². The van der Waals surface area contributed by atoms with Crippen LogP contribution in [0.5, 0.6) is 0 Å². The molecule has 0 fully saturated rings. The van der Waals surface area contributed by atoms with E-state index in [1.807, 2.05) is 13.8 Å². The van der Waals surface area contributed by atoms with E-state index >= 15 is 0 Å². The van der Waals surface area contributed by atoms with E-state index in [2.05, 4.69) is 0 Å². The van der Waals surface area contributed by atoms with Gasteiger partial charge in [0.05, 0.1) is 17.1 Å². The maximum atomic E-state index is 13.2. The smallest absolute Gasteiger partial charge is 0.305 e. The van der Waals surface area contributed by atoms with Gasteiger partial charge in [0.15, 0.2) is 0 Å². The van der Waals surface area contributed by atoms with Crippen molar-refractivity contribution in [2.45, 2.75) is 38.8 Å². The van der Waals surface area contributed by atoms with Gasteiger partial charge >= 0.3 is 5.69 Å². The minimum atomic E-state index is -0.905. The van der Waals surface area contributed by atoms with Crippen molar-refractivity contribution in [1.29, 1.82) is 0 Å². The predicted molar refractivity (Wildman–Crippen MR) is 70.1 cm³/mol. The third-order valence-electron chi connectivity index (χ3n) is 3.01. The van der Waals surface area contributed by atoms with Crippen molar-refractivity contribution in [3.05, 3.63) is 39.7 Å². The Morgan fingerprint density at radius 1 is 1.42 bits per heavy atom. The molecule has 2 atom stereocenters. The Hall–Kier alpha value is -1.53.